The van der Waals surface area contributed by atoms with Gasteiger partial charge in [-0.15, -0.1) is 0 Å². The minimum Gasteiger partial charge on any atom is -0.390 e. The Morgan fingerprint density at radius 3 is 1.63 bits per heavy atom. The van der Waals surface area contributed by atoms with E-state index in [9.17, 15) is 28.6 Å². The number of carbonyl (C=O) groups excluding carboxylic acids is 2. The normalized spacial score (nSPS) is 14.9. The first kappa shape index (κ1) is 55.5. The quantitative estimate of drug-likeness (QED) is 0.0573. The topological polar surface area (TPSA) is 212 Å². The molecule has 0 bridgehead atoms. The zero-order valence-electron chi connectivity index (χ0n) is 46.2. The number of nitrogens with one attached hydrogen (secondary N) is 1. The maximum Gasteiger partial charge on any atom is 0.240 e. The van der Waals surface area contributed by atoms with Gasteiger partial charge in [-0.25, -0.2) is 48.0 Å². The molecule has 0 spiro atoms. The van der Waals surface area contributed by atoms with E-state index in [1.807, 2.05) is 45.9 Å². The van der Waals surface area contributed by atoms with E-state index in [2.05, 4.69) is 39.9 Å². The van der Waals surface area contributed by atoms with E-state index < -0.39 is 30.1 Å². The van der Waals surface area contributed by atoms with Gasteiger partial charge in [0, 0.05) is 49.3 Å². The van der Waals surface area contributed by atoms with Crippen molar-refractivity contribution in [2.75, 3.05) is 23.6 Å². The van der Waals surface area contributed by atoms with E-state index in [0.717, 1.165) is 22.6 Å². The average molecular weight is 1080 g/mol. The Kier molecular flexibility index (Phi) is 15.1. The van der Waals surface area contributed by atoms with Gasteiger partial charge < -0.3 is 20.3 Å². The van der Waals surface area contributed by atoms with Crippen molar-refractivity contribution in [3.05, 3.63) is 130 Å². The van der Waals surface area contributed by atoms with Gasteiger partial charge in [0.1, 0.15) is 41.4 Å². The van der Waals surface area contributed by atoms with Crippen LogP contribution in [0.15, 0.2) is 85.2 Å². The minimum absolute atomic E-state index is 0.0884. The van der Waals surface area contributed by atoms with Gasteiger partial charge in [-0.2, -0.15) is 10.2 Å². The summed E-state index contributed by atoms with van der Waals surface area (Å²) in [5.74, 6) is 0.738. The van der Waals surface area contributed by atoms with Crippen LogP contribution in [0.2, 0.25) is 25.7 Å². The molecule has 20 heteroatoms. The number of hydrogen-bond acceptors (Lipinski definition) is 13. The highest BCUT2D eigenvalue weighted by molar-refractivity contribution is 6.76. The third-order valence-electron chi connectivity index (χ3n) is 14.2. The molecule has 408 valence electrons. The summed E-state index contributed by atoms with van der Waals surface area (Å²) in [6.07, 6.45) is 5.14. The van der Waals surface area contributed by atoms with Gasteiger partial charge in [0.2, 0.25) is 11.8 Å². The Balaban J connectivity index is 0.000000193. The average Bonchev–Trinajstić information content (AvgIpc) is 4.26. The third-order valence-corrected chi connectivity index (χ3v) is 15.9. The van der Waals surface area contributed by atoms with Gasteiger partial charge in [-0.1, -0.05) is 56.0 Å². The van der Waals surface area contributed by atoms with Gasteiger partial charge in [0.25, 0.3) is 0 Å². The van der Waals surface area contributed by atoms with Crippen LogP contribution in [0.25, 0.3) is 45.1 Å². The highest BCUT2D eigenvalue weighted by Crippen LogP contribution is 2.45. The lowest BCUT2D eigenvalue weighted by atomic mass is 9.84. The Morgan fingerprint density at radius 2 is 1.14 bits per heavy atom. The van der Waals surface area contributed by atoms with Crippen molar-refractivity contribution in [1.29, 1.82) is 0 Å². The number of aryl methyl sites for hydroxylation is 2. The van der Waals surface area contributed by atoms with E-state index in [1.54, 1.807) is 96.8 Å². The second-order valence-corrected chi connectivity index (χ2v) is 29.4. The number of anilines is 2. The summed E-state index contributed by atoms with van der Waals surface area (Å²) in [6.45, 7) is 22.3. The second-order valence-electron chi connectivity index (χ2n) is 23.8. The number of carbonyl (C=O) groups is 2. The number of ether oxygens (including phenoxy) is 1. The van der Waals surface area contributed by atoms with Crippen LogP contribution in [0.4, 0.5) is 20.4 Å². The number of rotatable bonds is 17. The van der Waals surface area contributed by atoms with E-state index in [4.69, 9.17) is 29.9 Å². The molecule has 2 aliphatic heterocycles. The minimum atomic E-state index is -1.32. The summed E-state index contributed by atoms with van der Waals surface area (Å²) >= 11 is 0. The number of aliphatic hydroxyl groups is 2. The maximum absolute atomic E-state index is 14.6. The number of amides is 2. The molecule has 0 radical (unpaired) electrons. The maximum atomic E-state index is 14.6. The fourth-order valence-corrected chi connectivity index (χ4v) is 10.5. The monoisotopic (exact) mass is 1080 g/mol. The third kappa shape index (κ3) is 11.6. The number of halogens is 2. The molecule has 0 unspecified atom stereocenters. The van der Waals surface area contributed by atoms with Crippen molar-refractivity contribution < 1.29 is 33.3 Å². The van der Waals surface area contributed by atoms with Crippen LogP contribution in [0.1, 0.15) is 102 Å². The first-order chi connectivity index (χ1) is 36.7. The lowest BCUT2D eigenvalue weighted by Gasteiger charge is -2.21. The molecule has 6 aromatic heterocycles. The van der Waals surface area contributed by atoms with Crippen LogP contribution >= 0.6 is 0 Å². The highest BCUT2D eigenvalue weighted by Gasteiger charge is 2.48. The van der Waals surface area contributed by atoms with E-state index in [-0.39, 0.29) is 43.3 Å². The second kappa shape index (κ2) is 21.2. The Labute approximate surface area is 453 Å². The molecular formula is C58H68F2N12O5Si. The fraction of sp³-hybridized carbons (Fsp3) is 0.414. The molecule has 3 N–H and O–H groups in total. The number of fused-ring (bicyclic) bond motifs is 4. The van der Waals surface area contributed by atoms with Gasteiger partial charge in [-0.3, -0.25) is 14.5 Å². The number of benzene rings is 2. The molecule has 78 heavy (non-hydrogen) atoms. The van der Waals surface area contributed by atoms with Crippen molar-refractivity contribution in [3.8, 4) is 23.0 Å². The van der Waals surface area contributed by atoms with Crippen LogP contribution in [-0.2, 0) is 51.1 Å². The predicted molar refractivity (Wildman–Crippen MR) is 298 cm³/mol. The molecule has 17 nitrogen and oxygen atoms in total. The molecule has 2 aliphatic rings. The van der Waals surface area contributed by atoms with Crippen LogP contribution in [0, 0.1) is 11.6 Å². The molecule has 0 saturated carbocycles. The first-order valence-corrected chi connectivity index (χ1v) is 30.0. The van der Waals surface area contributed by atoms with Crippen LogP contribution in [-0.4, -0.2) is 104 Å². The van der Waals surface area contributed by atoms with E-state index >= 15 is 0 Å². The highest BCUT2D eigenvalue weighted by atomic mass is 28.3. The summed E-state index contributed by atoms with van der Waals surface area (Å²) in [6, 6.07) is 21.5. The van der Waals surface area contributed by atoms with Crippen LogP contribution < -0.4 is 10.2 Å². The van der Waals surface area contributed by atoms with Crippen LogP contribution in [0.5, 0.6) is 0 Å². The number of nitrogens with zero attached hydrogens (tertiary/aromatic N) is 11. The van der Waals surface area contributed by atoms with Crippen molar-refractivity contribution in [2.45, 2.75) is 142 Å². The molecule has 0 saturated heterocycles. The van der Waals surface area contributed by atoms with Gasteiger partial charge in [-0.05, 0) is 124 Å². The van der Waals surface area contributed by atoms with Crippen molar-refractivity contribution in [1.82, 2.24) is 49.5 Å². The first-order valence-electron chi connectivity index (χ1n) is 26.3. The number of hydrogen-bond donors (Lipinski definition) is 3. The molecule has 0 fully saturated rings. The lowest BCUT2D eigenvalue weighted by molar-refractivity contribution is -0.123. The standard InChI is InChI=1S/C32H41FN6O3Si.C26H27FN6O2/c1-31(2,41)15-14-24-25-29(38(30(40)32(25,3)4)20-42-17-18-43(5,6)7)36-27(35-24)26-22-12-10-16-34-28(22)39(37-26)19-21-11-8-9-13-23(21)33;1-25(2,35)12-11-18-19-21(31-24(34)26(19,3)4)30-22(29-18)20-16-9-7-13-28-23(16)33(32-20)14-15-8-5-6-10-17(15)27/h8-13,16,41H,14-15,17-20H2,1-7H3;5-10,13,35H,11-12,14H2,1-4H3,(H,29,30,31,34). The van der Waals surface area contributed by atoms with Crippen LogP contribution in [0.3, 0.4) is 0 Å². The summed E-state index contributed by atoms with van der Waals surface area (Å²) in [7, 11) is -1.32. The van der Waals surface area contributed by atoms with Crippen molar-refractivity contribution in [3.63, 3.8) is 0 Å². The molecule has 8 aromatic rings. The summed E-state index contributed by atoms with van der Waals surface area (Å²) in [5.41, 5.74) is 2.48. The number of pyridine rings is 2. The predicted octanol–water partition coefficient (Wildman–Crippen LogP) is 9.72. The van der Waals surface area contributed by atoms with Crippen molar-refractivity contribution >= 4 is 53.6 Å². The number of aromatic nitrogens is 10. The summed E-state index contributed by atoms with van der Waals surface area (Å²) in [5, 5.41) is 34.8. The summed E-state index contributed by atoms with van der Waals surface area (Å²) in [4.78, 5) is 56.6. The molecule has 0 atom stereocenters. The molecular weight excluding hydrogens is 1010 g/mol. The SMILES string of the molecule is CC(C)(O)CCc1nc(-c2nn(Cc3ccccc3F)c3ncccc23)nc2c1C(C)(C)C(=O)N2.CC(C)(O)CCc1nc(-c2nn(Cc3ccccc3F)c3ncccc23)nc2c1C(C)(C)C(=O)N2COCC[Si](C)(C)C. The van der Waals surface area contributed by atoms with Gasteiger partial charge >= 0.3 is 0 Å². The molecule has 2 amide bonds. The molecule has 10 rings (SSSR count). The zero-order chi connectivity index (χ0) is 56.1. The van der Waals surface area contributed by atoms with E-state index in [1.165, 1.54) is 12.1 Å². The van der Waals surface area contributed by atoms with E-state index in [0.29, 0.717) is 106 Å². The molecule has 2 aromatic carbocycles. The molecule has 0 aliphatic carbocycles. The Hall–Kier alpha value is -7.26. The smallest absolute Gasteiger partial charge is 0.240 e. The fourth-order valence-electron chi connectivity index (χ4n) is 9.72. The zero-order valence-corrected chi connectivity index (χ0v) is 47.2. The lowest BCUT2D eigenvalue weighted by Crippen LogP contribution is -2.38. The summed E-state index contributed by atoms with van der Waals surface area (Å²) < 4.78 is 38.3. The largest absolute Gasteiger partial charge is 0.390 e. The van der Waals surface area contributed by atoms with Gasteiger partial charge in [0.05, 0.1) is 57.3 Å². The van der Waals surface area contributed by atoms with Gasteiger partial charge in [0.15, 0.2) is 22.9 Å². The Bertz CT molecular complexity index is 3580. The Morgan fingerprint density at radius 1 is 0.654 bits per heavy atom. The van der Waals surface area contributed by atoms with Crippen molar-refractivity contribution in [2.24, 2.45) is 0 Å². The molecule has 8 heterocycles.